The van der Waals surface area contributed by atoms with E-state index in [2.05, 4.69) is 10.0 Å². The average Bonchev–Trinajstić information content (AvgIpc) is 2.55. The van der Waals surface area contributed by atoms with Gasteiger partial charge in [-0.15, -0.1) is 0 Å². The van der Waals surface area contributed by atoms with E-state index >= 15 is 0 Å². The van der Waals surface area contributed by atoms with Crippen LogP contribution in [0.25, 0.3) is 0 Å². The number of rotatable bonds is 7. The first-order valence-corrected chi connectivity index (χ1v) is 9.75. The lowest BCUT2D eigenvalue weighted by Gasteiger charge is -2.11. The molecule has 0 heterocycles. The van der Waals surface area contributed by atoms with E-state index in [4.69, 9.17) is 4.74 Å². The van der Waals surface area contributed by atoms with Crippen LogP contribution in [-0.4, -0.2) is 27.5 Å². The molecular weight excluding hydrogens is 352 g/mol. The van der Waals surface area contributed by atoms with Crippen molar-refractivity contribution >= 4 is 21.6 Å². The molecule has 0 unspecified atom stereocenters. The van der Waals surface area contributed by atoms with Crippen molar-refractivity contribution in [1.82, 2.24) is 5.32 Å². The van der Waals surface area contributed by atoms with Gasteiger partial charge in [0, 0.05) is 11.7 Å². The first kappa shape index (κ1) is 19.8. The van der Waals surface area contributed by atoms with E-state index in [1.54, 1.807) is 43.3 Å². The van der Waals surface area contributed by atoms with E-state index in [-0.39, 0.29) is 23.3 Å². The molecule has 0 fully saturated rings. The summed E-state index contributed by atoms with van der Waals surface area (Å²) in [6, 6.07) is 11.5. The Kier molecular flexibility index (Phi) is 6.26. The molecule has 2 rings (SSSR count). The fourth-order valence-corrected chi connectivity index (χ4v) is 3.62. The third kappa shape index (κ3) is 5.23. The van der Waals surface area contributed by atoms with E-state index < -0.39 is 10.0 Å². The number of hydrogen-bond donors (Lipinski definition) is 2. The van der Waals surface area contributed by atoms with Gasteiger partial charge in [-0.05, 0) is 62.2 Å². The Labute approximate surface area is 154 Å². The minimum absolute atomic E-state index is 0.0676. The smallest absolute Gasteiger partial charge is 0.261 e. The first-order chi connectivity index (χ1) is 12.2. The minimum atomic E-state index is -3.70. The number of amides is 1. The van der Waals surface area contributed by atoms with Crippen LogP contribution in [0.15, 0.2) is 47.4 Å². The van der Waals surface area contributed by atoms with Crippen LogP contribution >= 0.6 is 0 Å². The number of carbonyl (C=O) groups excluding carboxylic acids is 1. The van der Waals surface area contributed by atoms with Crippen LogP contribution in [0.2, 0.25) is 0 Å². The monoisotopic (exact) mass is 376 g/mol. The summed E-state index contributed by atoms with van der Waals surface area (Å²) in [6.07, 6.45) is 0.253. The number of sulfonamides is 1. The van der Waals surface area contributed by atoms with E-state index in [1.807, 2.05) is 13.8 Å². The Morgan fingerprint density at radius 2 is 1.77 bits per heavy atom. The Morgan fingerprint density at radius 1 is 1.12 bits per heavy atom. The van der Waals surface area contributed by atoms with Crippen molar-refractivity contribution in [2.45, 2.75) is 38.1 Å². The van der Waals surface area contributed by atoms with E-state index in [9.17, 15) is 13.2 Å². The second-order valence-electron chi connectivity index (χ2n) is 6.33. The molecule has 2 aromatic carbocycles. The molecule has 2 N–H and O–H groups in total. The molecule has 0 aromatic heterocycles. The molecule has 0 radical (unpaired) electrons. The van der Waals surface area contributed by atoms with Crippen molar-refractivity contribution in [2.24, 2.45) is 0 Å². The third-order valence-corrected chi connectivity index (χ3v) is 5.08. The molecule has 0 aliphatic carbocycles. The highest BCUT2D eigenvalue weighted by molar-refractivity contribution is 7.92. The van der Waals surface area contributed by atoms with Crippen LogP contribution in [0.3, 0.4) is 0 Å². The maximum absolute atomic E-state index is 12.5. The minimum Gasteiger partial charge on any atom is -0.496 e. The number of methoxy groups -OCH3 is 1. The van der Waals surface area contributed by atoms with Crippen molar-refractivity contribution in [2.75, 3.05) is 11.8 Å². The summed E-state index contributed by atoms with van der Waals surface area (Å²) in [5.74, 6) is 0.565. The van der Waals surface area contributed by atoms with Gasteiger partial charge < -0.3 is 10.1 Å². The molecule has 0 aliphatic rings. The standard InChI is InChI=1S/C19H24N2O4S/c1-13(2)20-19(22)12-15-5-7-16(8-6-15)21-26(23,24)17-9-10-18(25-4)14(3)11-17/h5-11,13,21H,12H2,1-4H3,(H,20,22). The highest BCUT2D eigenvalue weighted by atomic mass is 32.2. The molecule has 26 heavy (non-hydrogen) atoms. The van der Waals surface area contributed by atoms with E-state index in [1.165, 1.54) is 13.2 Å². The third-order valence-electron chi connectivity index (χ3n) is 3.70. The van der Waals surface area contributed by atoms with Crippen molar-refractivity contribution in [1.29, 1.82) is 0 Å². The van der Waals surface area contributed by atoms with Gasteiger partial charge in [-0.2, -0.15) is 0 Å². The fourth-order valence-electron chi connectivity index (χ4n) is 2.48. The maximum Gasteiger partial charge on any atom is 0.261 e. The van der Waals surface area contributed by atoms with Gasteiger partial charge in [-0.3, -0.25) is 9.52 Å². The summed E-state index contributed by atoms with van der Waals surface area (Å²) in [5.41, 5.74) is 1.99. The Hall–Kier alpha value is -2.54. The van der Waals surface area contributed by atoms with Crippen molar-refractivity contribution in [3.63, 3.8) is 0 Å². The van der Waals surface area contributed by atoms with Gasteiger partial charge >= 0.3 is 0 Å². The number of carbonyl (C=O) groups is 1. The molecule has 7 heteroatoms. The summed E-state index contributed by atoms with van der Waals surface area (Å²) in [7, 11) is -2.16. The van der Waals surface area contributed by atoms with Crippen LogP contribution in [0.5, 0.6) is 5.75 Å². The molecular formula is C19H24N2O4S. The van der Waals surface area contributed by atoms with Gasteiger partial charge in [0.05, 0.1) is 18.4 Å². The number of nitrogens with one attached hydrogen (secondary N) is 2. The maximum atomic E-state index is 12.5. The van der Waals surface area contributed by atoms with E-state index in [0.717, 1.165) is 11.1 Å². The summed E-state index contributed by atoms with van der Waals surface area (Å²) in [4.78, 5) is 11.9. The molecule has 1 amide bonds. The zero-order valence-corrected chi connectivity index (χ0v) is 16.2. The number of aryl methyl sites for hydroxylation is 1. The van der Waals surface area contributed by atoms with Crippen molar-refractivity contribution in [3.8, 4) is 5.75 Å². The van der Waals surface area contributed by atoms with Gasteiger partial charge in [0.25, 0.3) is 10.0 Å². The summed E-state index contributed by atoms with van der Waals surface area (Å²) in [6.45, 7) is 5.59. The molecule has 0 saturated carbocycles. The number of ether oxygens (including phenoxy) is 1. The average molecular weight is 376 g/mol. The molecule has 140 valence electrons. The Morgan fingerprint density at radius 3 is 2.31 bits per heavy atom. The van der Waals surface area contributed by atoms with Crippen LogP contribution in [0, 0.1) is 6.92 Å². The normalized spacial score (nSPS) is 11.3. The van der Waals surface area contributed by atoms with Gasteiger partial charge in [-0.25, -0.2) is 8.42 Å². The summed E-state index contributed by atoms with van der Waals surface area (Å²) in [5, 5.41) is 2.82. The second kappa shape index (κ2) is 8.23. The first-order valence-electron chi connectivity index (χ1n) is 8.27. The molecule has 0 saturated heterocycles. The lowest BCUT2D eigenvalue weighted by atomic mass is 10.1. The van der Waals surface area contributed by atoms with Gasteiger partial charge in [0.15, 0.2) is 0 Å². The fraction of sp³-hybridized carbons (Fsp3) is 0.316. The lowest BCUT2D eigenvalue weighted by Crippen LogP contribution is -2.31. The van der Waals surface area contributed by atoms with Crippen molar-refractivity contribution in [3.05, 3.63) is 53.6 Å². The molecule has 6 nitrogen and oxygen atoms in total. The van der Waals surface area contributed by atoms with Crippen molar-refractivity contribution < 1.29 is 17.9 Å². The molecule has 0 atom stereocenters. The SMILES string of the molecule is COc1ccc(S(=O)(=O)Nc2ccc(CC(=O)NC(C)C)cc2)cc1C. The van der Waals surface area contributed by atoms with Crippen LogP contribution in [0.4, 0.5) is 5.69 Å². The van der Waals surface area contributed by atoms with Crippen LogP contribution in [-0.2, 0) is 21.2 Å². The van der Waals surface area contributed by atoms with Crippen LogP contribution < -0.4 is 14.8 Å². The zero-order valence-electron chi connectivity index (χ0n) is 15.4. The van der Waals surface area contributed by atoms with Gasteiger partial charge in [0.1, 0.15) is 5.75 Å². The summed E-state index contributed by atoms with van der Waals surface area (Å²) >= 11 is 0. The number of hydrogen-bond acceptors (Lipinski definition) is 4. The number of benzene rings is 2. The van der Waals surface area contributed by atoms with Crippen LogP contribution in [0.1, 0.15) is 25.0 Å². The van der Waals surface area contributed by atoms with Gasteiger partial charge in [-0.1, -0.05) is 12.1 Å². The largest absolute Gasteiger partial charge is 0.496 e. The molecule has 0 aliphatic heterocycles. The Balaban J connectivity index is 2.10. The van der Waals surface area contributed by atoms with Gasteiger partial charge in [0.2, 0.25) is 5.91 Å². The number of anilines is 1. The highest BCUT2D eigenvalue weighted by Crippen LogP contribution is 2.23. The molecule has 0 spiro atoms. The molecule has 2 aromatic rings. The molecule has 0 bridgehead atoms. The topological polar surface area (TPSA) is 84.5 Å². The summed E-state index contributed by atoms with van der Waals surface area (Å²) < 4.78 is 32.7. The highest BCUT2D eigenvalue weighted by Gasteiger charge is 2.16. The van der Waals surface area contributed by atoms with E-state index in [0.29, 0.717) is 11.4 Å². The Bertz CT molecular complexity index is 875. The quantitative estimate of drug-likeness (QED) is 0.778. The zero-order chi connectivity index (χ0) is 19.3. The predicted octanol–water partition coefficient (Wildman–Crippen LogP) is 2.87. The lowest BCUT2D eigenvalue weighted by molar-refractivity contribution is -0.120. The second-order valence-corrected chi connectivity index (χ2v) is 8.02. The predicted molar refractivity (Wildman–Crippen MR) is 102 cm³/mol.